The third kappa shape index (κ3) is 3.16. The number of nitrogens with one attached hydrogen (secondary N) is 2. The van der Waals surface area contributed by atoms with Gasteiger partial charge in [0.15, 0.2) is 17.5 Å². The summed E-state index contributed by atoms with van der Waals surface area (Å²) in [6.45, 7) is 7.41. The van der Waals surface area contributed by atoms with Gasteiger partial charge in [-0.2, -0.15) is 10.1 Å². The summed E-state index contributed by atoms with van der Waals surface area (Å²) in [5, 5.41) is 10.0. The number of hydrogen-bond donors (Lipinski definition) is 2. The summed E-state index contributed by atoms with van der Waals surface area (Å²) in [5.74, 6) is -0.273. The van der Waals surface area contributed by atoms with E-state index in [1.165, 1.54) is 0 Å². The summed E-state index contributed by atoms with van der Waals surface area (Å²) in [6, 6.07) is -0.00934. The Morgan fingerprint density at radius 1 is 1.29 bits per heavy atom. The molecule has 2 aliphatic heterocycles. The number of halogens is 2. The van der Waals surface area contributed by atoms with Crippen LogP contribution in [0.15, 0.2) is 6.20 Å². The first-order valence-corrected chi connectivity index (χ1v) is 9.43. The number of hydrogen-bond acceptors (Lipinski definition) is 6. The SMILES string of the molecule is CN1CCN(C(=O)N2Cc3c(Nc4nc(Cl)ncc4F)n[nH]c3C2(C)C)CC1. The average Bonchev–Trinajstić information content (AvgIpc) is 3.17. The smallest absolute Gasteiger partial charge is 0.321 e. The third-order valence-corrected chi connectivity index (χ3v) is 5.61. The van der Waals surface area contributed by atoms with E-state index >= 15 is 0 Å². The van der Waals surface area contributed by atoms with E-state index in [2.05, 4.69) is 37.4 Å². The van der Waals surface area contributed by atoms with E-state index in [1.807, 2.05) is 23.6 Å². The molecule has 0 spiro atoms. The lowest BCUT2D eigenvalue weighted by Crippen LogP contribution is -2.54. The molecule has 0 saturated carbocycles. The van der Waals surface area contributed by atoms with E-state index in [4.69, 9.17) is 11.6 Å². The summed E-state index contributed by atoms with van der Waals surface area (Å²) in [7, 11) is 2.05. The first-order valence-electron chi connectivity index (χ1n) is 9.05. The molecule has 4 rings (SSSR count). The molecule has 2 aromatic rings. The number of anilines is 2. The lowest BCUT2D eigenvalue weighted by Gasteiger charge is -2.39. The van der Waals surface area contributed by atoms with Crippen LogP contribution in [0.25, 0.3) is 0 Å². The molecule has 0 bridgehead atoms. The zero-order chi connectivity index (χ0) is 20.1. The molecule has 11 heteroatoms. The van der Waals surface area contributed by atoms with Gasteiger partial charge >= 0.3 is 6.03 Å². The highest BCUT2D eigenvalue weighted by Crippen LogP contribution is 2.41. The summed E-state index contributed by atoms with van der Waals surface area (Å²) in [4.78, 5) is 26.5. The van der Waals surface area contributed by atoms with Gasteiger partial charge in [0.2, 0.25) is 5.28 Å². The third-order valence-electron chi connectivity index (χ3n) is 5.43. The molecule has 2 N–H and O–H groups in total. The normalized spacial score (nSPS) is 19.0. The van der Waals surface area contributed by atoms with Crippen LogP contribution in [0, 0.1) is 5.82 Å². The van der Waals surface area contributed by atoms with Crippen molar-refractivity contribution >= 4 is 29.3 Å². The molecule has 4 heterocycles. The predicted octanol–water partition coefficient (Wildman–Crippen LogP) is 2.15. The Balaban J connectivity index is 1.57. The van der Waals surface area contributed by atoms with Crippen molar-refractivity contribution in [3.63, 3.8) is 0 Å². The number of fused-ring (bicyclic) bond motifs is 1. The first-order chi connectivity index (χ1) is 13.3. The number of amides is 2. The van der Waals surface area contributed by atoms with E-state index in [9.17, 15) is 9.18 Å². The molecule has 0 aromatic carbocycles. The molecular formula is C17H22ClFN8O. The summed E-state index contributed by atoms with van der Waals surface area (Å²) in [5.41, 5.74) is 1.06. The van der Waals surface area contributed by atoms with Crippen molar-refractivity contribution in [1.82, 2.24) is 34.9 Å². The highest BCUT2D eigenvalue weighted by atomic mass is 35.5. The fourth-order valence-electron chi connectivity index (χ4n) is 3.64. The zero-order valence-corrected chi connectivity index (χ0v) is 16.7. The van der Waals surface area contributed by atoms with Gasteiger partial charge in [-0.25, -0.2) is 14.2 Å². The maximum atomic E-state index is 14.0. The van der Waals surface area contributed by atoms with Gasteiger partial charge in [-0.3, -0.25) is 5.10 Å². The minimum absolute atomic E-state index is 0.00934. The monoisotopic (exact) mass is 408 g/mol. The minimum Gasteiger partial charge on any atom is -0.322 e. The highest BCUT2D eigenvalue weighted by Gasteiger charge is 2.45. The van der Waals surface area contributed by atoms with E-state index in [0.29, 0.717) is 25.5 Å². The highest BCUT2D eigenvalue weighted by molar-refractivity contribution is 6.28. The summed E-state index contributed by atoms with van der Waals surface area (Å²) >= 11 is 5.76. The summed E-state index contributed by atoms with van der Waals surface area (Å²) in [6.07, 6.45) is 0.998. The Bertz CT molecular complexity index is 909. The molecule has 0 aliphatic carbocycles. The largest absolute Gasteiger partial charge is 0.322 e. The number of carbonyl (C=O) groups is 1. The minimum atomic E-state index is -0.635. The summed E-state index contributed by atoms with van der Waals surface area (Å²) < 4.78 is 14.0. The van der Waals surface area contributed by atoms with Crippen LogP contribution >= 0.6 is 11.6 Å². The Labute approximate surface area is 166 Å². The average molecular weight is 409 g/mol. The van der Waals surface area contributed by atoms with Gasteiger partial charge in [-0.15, -0.1) is 0 Å². The van der Waals surface area contributed by atoms with Crippen molar-refractivity contribution in [3.8, 4) is 0 Å². The number of urea groups is 1. The molecule has 9 nitrogen and oxygen atoms in total. The Kier molecular flexibility index (Phi) is 4.62. The lowest BCUT2D eigenvalue weighted by molar-refractivity contribution is 0.0881. The quantitative estimate of drug-likeness (QED) is 0.739. The first kappa shape index (κ1) is 18.9. The molecule has 0 radical (unpaired) electrons. The van der Waals surface area contributed by atoms with Gasteiger partial charge < -0.3 is 20.0 Å². The van der Waals surface area contributed by atoms with Crippen LogP contribution in [-0.2, 0) is 12.1 Å². The van der Waals surface area contributed by atoms with Gasteiger partial charge in [0.05, 0.1) is 24.0 Å². The van der Waals surface area contributed by atoms with Crippen LogP contribution in [0.3, 0.4) is 0 Å². The van der Waals surface area contributed by atoms with Crippen LogP contribution in [0.2, 0.25) is 5.28 Å². The van der Waals surface area contributed by atoms with Crippen molar-refractivity contribution in [1.29, 1.82) is 0 Å². The molecule has 0 unspecified atom stereocenters. The van der Waals surface area contributed by atoms with Crippen molar-refractivity contribution in [3.05, 3.63) is 28.6 Å². The molecule has 2 aromatic heterocycles. The second-order valence-electron chi connectivity index (χ2n) is 7.60. The van der Waals surface area contributed by atoms with Gasteiger partial charge in [-0.1, -0.05) is 0 Å². The standard InChI is InChI=1S/C17H22ClFN8O/c1-17(2)12-10(9-27(17)16(28)26-6-4-25(3)5-7-26)13(24-23-12)21-14-11(19)8-20-15(18)22-14/h8H,4-7,9H2,1-3H3,(H2,20,21,22,23,24). The number of H-pyrrole nitrogens is 1. The predicted molar refractivity (Wildman–Crippen MR) is 102 cm³/mol. The Hall–Kier alpha value is -2.46. The number of aromatic amines is 1. The van der Waals surface area contributed by atoms with Crippen LogP contribution in [0.4, 0.5) is 20.8 Å². The van der Waals surface area contributed by atoms with E-state index < -0.39 is 11.4 Å². The second-order valence-corrected chi connectivity index (χ2v) is 7.94. The second kappa shape index (κ2) is 6.85. The van der Waals surface area contributed by atoms with E-state index in [-0.39, 0.29) is 17.1 Å². The van der Waals surface area contributed by atoms with Crippen LogP contribution < -0.4 is 5.32 Å². The molecule has 28 heavy (non-hydrogen) atoms. The lowest BCUT2D eigenvalue weighted by atomic mass is 10.0. The molecule has 150 valence electrons. The molecular weight excluding hydrogens is 387 g/mol. The zero-order valence-electron chi connectivity index (χ0n) is 16.0. The molecule has 2 aliphatic rings. The van der Waals surface area contributed by atoms with Gasteiger partial charge in [-0.05, 0) is 32.5 Å². The number of nitrogens with zero attached hydrogens (tertiary/aromatic N) is 6. The van der Waals surface area contributed by atoms with E-state index in [0.717, 1.165) is 30.5 Å². The maximum absolute atomic E-state index is 14.0. The molecule has 2 amide bonds. The van der Waals surface area contributed by atoms with Gasteiger partial charge in [0.1, 0.15) is 0 Å². The molecule has 1 fully saturated rings. The number of piperazine rings is 1. The molecule has 1 saturated heterocycles. The maximum Gasteiger partial charge on any atom is 0.321 e. The fourth-order valence-corrected chi connectivity index (χ4v) is 3.77. The molecule has 0 atom stereocenters. The van der Waals surface area contributed by atoms with E-state index in [1.54, 1.807) is 0 Å². The number of rotatable bonds is 2. The van der Waals surface area contributed by atoms with Crippen molar-refractivity contribution in [2.45, 2.75) is 25.9 Å². The van der Waals surface area contributed by atoms with Crippen LogP contribution in [0.5, 0.6) is 0 Å². The van der Waals surface area contributed by atoms with Crippen molar-refractivity contribution in [2.75, 3.05) is 38.5 Å². The topological polar surface area (TPSA) is 93.3 Å². The number of likely N-dealkylation sites (N-methyl/N-ethyl adjacent to an activating group) is 1. The van der Waals surface area contributed by atoms with Crippen LogP contribution in [-0.4, -0.2) is 74.1 Å². The number of aromatic nitrogens is 4. The van der Waals surface area contributed by atoms with Gasteiger partial charge in [0.25, 0.3) is 0 Å². The Morgan fingerprint density at radius 2 is 2.00 bits per heavy atom. The van der Waals surface area contributed by atoms with Gasteiger partial charge in [0, 0.05) is 31.7 Å². The van der Waals surface area contributed by atoms with Crippen molar-refractivity contribution in [2.24, 2.45) is 0 Å². The fraction of sp³-hybridized carbons (Fsp3) is 0.529. The van der Waals surface area contributed by atoms with Crippen molar-refractivity contribution < 1.29 is 9.18 Å². The Morgan fingerprint density at radius 3 is 2.71 bits per heavy atom. The van der Waals surface area contributed by atoms with Crippen LogP contribution in [0.1, 0.15) is 25.1 Å². The number of carbonyl (C=O) groups excluding carboxylic acids is 1.